The van der Waals surface area contributed by atoms with E-state index in [4.69, 9.17) is 0 Å². The highest BCUT2D eigenvalue weighted by Gasteiger charge is 2.28. The fraction of sp³-hybridized carbons (Fsp3) is 0.500. The summed E-state index contributed by atoms with van der Waals surface area (Å²) in [5.41, 5.74) is 0.587. The van der Waals surface area contributed by atoms with Gasteiger partial charge < -0.3 is 14.7 Å². The third-order valence-electron chi connectivity index (χ3n) is 5.68. The highest BCUT2D eigenvalue weighted by atomic mass is 32.2. The molecule has 2 aliphatic heterocycles. The predicted octanol–water partition coefficient (Wildman–Crippen LogP) is 1.02. The second-order valence-electron chi connectivity index (χ2n) is 7.81. The molecule has 162 valence electrons. The first-order chi connectivity index (χ1) is 14.4. The minimum Gasteiger partial charge on any atom is -0.353 e. The molecule has 0 aliphatic carbocycles. The quantitative estimate of drug-likeness (QED) is 0.696. The molecule has 2 saturated heterocycles. The van der Waals surface area contributed by atoms with Gasteiger partial charge in [0.1, 0.15) is 5.82 Å². The maximum absolute atomic E-state index is 13.0. The van der Waals surface area contributed by atoms with Crippen molar-refractivity contribution in [2.45, 2.75) is 5.75 Å². The van der Waals surface area contributed by atoms with Gasteiger partial charge in [-0.2, -0.15) is 4.31 Å². The molecule has 3 heterocycles. The van der Waals surface area contributed by atoms with Crippen molar-refractivity contribution in [3.05, 3.63) is 47.8 Å². The SMILES string of the molecule is CN1CCN(c2ccc(N3CCN(S(=O)(=O)Cc4ccc(F)cc4)CC3)nn2)CC1. The van der Waals surface area contributed by atoms with Crippen LogP contribution in [0.5, 0.6) is 0 Å². The number of halogens is 1. The van der Waals surface area contributed by atoms with E-state index < -0.39 is 10.0 Å². The van der Waals surface area contributed by atoms with E-state index in [-0.39, 0.29) is 11.6 Å². The van der Waals surface area contributed by atoms with Gasteiger partial charge in [0, 0.05) is 52.4 Å². The molecular formula is C20H27FN6O2S. The molecule has 2 fully saturated rings. The van der Waals surface area contributed by atoms with E-state index in [1.54, 1.807) is 0 Å². The summed E-state index contributed by atoms with van der Waals surface area (Å²) in [7, 11) is -1.33. The van der Waals surface area contributed by atoms with Crippen LogP contribution < -0.4 is 9.80 Å². The molecule has 1 aromatic heterocycles. The van der Waals surface area contributed by atoms with Crippen molar-refractivity contribution in [1.29, 1.82) is 0 Å². The molecule has 0 bridgehead atoms. The van der Waals surface area contributed by atoms with Gasteiger partial charge in [0.15, 0.2) is 11.6 Å². The van der Waals surface area contributed by atoms with Crippen molar-refractivity contribution >= 4 is 21.7 Å². The largest absolute Gasteiger partial charge is 0.353 e. The Hall–Kier alpha value is -2.30. The van der Waals surface area contributed by atoms with Crippen LogP contribution in [0.1, 0.15) is 5.56 Å². The molecule has 8 nitrogen and oxygen atoms in total. The van der Waals surface area contributed by atoms with E-state index in [2.05, 4.69) is 31.9 Å². The van der Waals surface area contributed by atoms with E-state index in [1.165, 1.54) is 28.6 Å². The molecule has 0 amide bonds. The van der Waals surface area contributed by atoms with E-state index in [0.29, 0.717) is 31.7 Å². The van der Waals surface area contributed by atoms with Gasteiger partial charge in [-0.15, -0.1) is 10.2 Å². The van der Waals surface area contributed by atoms with Crippen LogP contribution in [0.3, 0.4) is 0 Å². The van der Waals surface area contributed by atoms with Gasteiger partial charge in [-0.3, -0.25) is 0 Å². The highest BCUT2D eigenvalue weighted by molar-refractivity contribution is 7.88. The third-order valence-corrected chi connectivity index (χ3v) is 7.53. The topological polar surface area (TPSA) is 72.9 Å². The maximum Gasteiger partial charge on any atom is 0.218 e. The Labute approximate surface area is 176 Å². The van der Waals surface area contributed by atoms with Crippen molar-refractivity contribution in [3.8, 4) is 0 Å². The predicted molar refractivity (Wildman–Crippen MR) is 115 cm³/mol. The second kappa shape index (κ2) is 8.83. The summed E-state index contributed by atoms with van der Waals surface area (Å²) >= 11 is 0. The van der Waals surface area contributed by atoms with Crippen LogP contribution >= 0.6 is 0 Å². The van der Waals surface area contributed by atoms with Crippen molar-refractivity contribution in [2.24, 2.45) is 0 Å². The number of likely N-dealkylation sites (N-methyl/N-ethyl adjacent to an activating group) is 1. The number of aromatic nitrogens is 2. The van der Waals surface area contributed by atoms with E-state index in [1.807, 2.05) is 12.1 Å². The molecule has 2 aromatic rings. The van der Waals surface area contributed by atoms with Crippen LogP contribution in [0.25, 0.3) is 0 Å². The Morgan fingerprint density at radius 1 is 0.800 bits per heavy atom. The Morgan fingerprint density at radius 3 is 1.80 bits per heavy atom. The summed E-state index contributed by atoms with van der Waals surface area (Å²) < 4.78 is 39.9. The number of rotatable bonds is 5. The van der Waals surface area contributed by atoms with Gasteiger partial charge in [-0.05, 0) is 36.9 Å². The van der Waals surface area contributed by atoms with Gasteiger partial charge in [-0.25, -0.2) is 12.8 Å². The Bertz CT molecular complexity index is 938. The lowest BCUT2D eigenvalue weighted by Crippen LogP contribution is -2.49. The molecule has 2 aliphatic rings. The Balaban J connectivity index is 1.33. The lowest BCUT2D eigenvalue weighted by Gasteiger charge is -2.35. The number of hydrogen-bond acceptors (Lipinski definition) is 7. The number of piperazine rings is 2. The number of nitrogens with zero attached hydrogens (tertiary/aromatic N) is 6. The zero-order chi connectivity index (χ0) is 21.1. The van der Waals surface area contributed by atoms with E-state index in [9.17, 15) is 12.8 Å². The molecule has 10 heteroatoms. The molecule has 0 N–H and O–H groups in total. The van der Waals surface area contributed by atoms with Crippen LogP contribution in [0.2, 0.25) is 0 Å². The number of benzene rings is 1. The van der Waals surface area contributed by atoms with Gasteiger partial charge in [0.25, 0.3) is 0 Å². The van der Waals surface area contributed by atoms with Crippen molar-refractivity contribution < 1.29 is 12.8 Å². The van der Waals surface area contributed by atoms with Gasteiger partial charge in [0.2, 0.25) is 10.0 Å². The maximum atomic E-state index is 13.0. The lowest BCUT2D eigenvalue weighted by molar-refractivity contribution is 0.312. The Morgan fingerprint density at radius 2 is 1.30 bits per heavy atom. The summed E-state index contributed by atoms with van der Waals surface area (Å²) in [6, 6.07) is 9.55. The van der Waals surface area contributed by atoms with Crippen LogP contribution in [0.15, 0.2) is 36.4 Å². The fourth-order valence-electron chi connectivity index (χ4n) is 3.77. The van der Waals surface area contributed by atoms with Crippen molar-refractivity contribution in [1.82, 2.24) is 19.4 Å². The van der Waals surface area contributed by atoms with Crippen molar-refractivity contribution in [2.75, 3.05) is 69.2 Å². The number of hydrogen-bond donors (Lipinski definition) is 0. The fourth-order valence-corrected chi connectivity index (χ4v) is 5.28. The zero-order valence-corrected chi connectivity index (χ0v) is 17.9. The molecule has 0 radical (unpaired) electrons. The molecule has 0 unspecified atom stereocenters. The molecule has 30 heavy (non-hydrogen) atoms. The van der Waals surface area contributed by atoms with Gasteiger partial charge >= 0.3 is 0 Å². The lowest BCUT2D eigenvalue weighted by atomic mass is 10.2. The minimum absolute atomic E-state index is 0.118. The average molecular weight is 435 g/mol. The number of sulfonamides is 1. The van der Waals surface area contributed by atoms with E-state index >= 15 is 0 Å². The van der Waals surface area contributed by atoms with Crippen LogP contribution in [0, 0.1) is 5.82 Å². The summed E-state index contributed by atoms with van der Waals surface area (Å²) in [6.45, 7) is 5.81. The summed E-state index contributed by atoms with van der Waals surface area (Å²) in [4.78, 5) is 6.59. The highest BCUT2D eigenvalue weighted by Crippen LogP contribution is 2.20. The zero-order valence-electron chi connectivity index (χ0n) is 17.1. The standard InChI is InChI=1S/C20H27FN6O2S/c1-24-8-10-25(11-9-24)19-6-7-20(23-22-19)26-12-14-27(15-13-26)30(28,29)16-17-2-4-18(21)5-3-17/h2-7H,8-16H2,1H3. The van der Waals surface area contributed by atoms with Crippen molar-refractivity contribution in [3.63, 3.8) is 0 Å². The minimum atomic E-state index is -3.44. The molecule has 0 atom stereocenters. The van der Waals surface area contributed by atoms with Crippen LogP contribution in [0.4, 0.5) is 16.0 Å². The van der Waals surface area contributed by atoms with Gasteiger partial charge in [0.05, 0.1) is 5.75 Å². The number of anilines is 2. The Kier molecular flexibility index (Phi) is 6.16. The molecule has 4 rings (SSSR count). The third kappa shape index (κ3) is 4.88. The normalized spacial score (nSPS) is 19.3. The van der Waals surface area contributed by atoms with Gasteiger partial charge in [-0.1, -0.05) is 12.1 Å². The second-order valence-corrected chi connectivity index (χ2v) is 9.78. The van der Waals surface area contributed by atoms with Crippen LogP contribution in [-0.4, -0.2) is 87.2 Å². The monoisotopic (exact) mass is 434 g/mol. The molecule has 0 saturated carbocycles. The first-order valence-corrected chi connectivity index (χ1v) is 11.8. The summed E-state index contributed by atoms with van der Waals surface area (Å²) in [5.74, 6) is 1.16. The first-order valence-electron chi connectivity index (χ1n) is 10.2. The summed E-state index contributed by atoms with van der Waals surface area (Å²) in [6.07, 6.45) is 0. The molecule has 0 spiro atoms. The van der Waals surface area contributed by atoms with Crippen LogP contribution in [-0.2, 0) is 15.8 Å². The summed E-state index contributed by atoms with van der Waals surface area (Å²) in [5, 5.41) is 8.76. The average Bonchev–Trinajstić information content (AvgIpc) is 2.76. The first kappa shape index (κ1) is 21.0. The molecule has 1 aromatic carbocycles. The van der Waals surface area contributed by atoms with E-state index in [0.717, 1.165) is 37.8 Å². The molecular weight excluding hydrogens is 407 g/mol. The smallest absolute Gasteiger partial charge is 0.218 e.